The van der Waals surface area contributed by atoms with Crippen LogP contribution in [0.15, 0.2) is 12.4 Å². The fourth-order valence-corrected chi connectivity index (χ4v) is 3.66. The molecule has 23 heavy (non-hydrogen) atoms. The highest BCUT2D eigenvalue weighted by Gasteiger charge is 2.32. The van der Waals surface area contributed by atoms with Crippen molar-refractivity contribution < 1.29 is 9.53 Å². The lowest BCUT2D eigenvalue weighted by Crippen LogP contribution is -2.49. The molecule has 0 unspecified atom stereocenters. The van der Waals surface area contributed by atoms with Gasteiger partial charge >= 0.3 is 0 Å². The molecule has 3 rings (SSSR count). The van der Waals surface area contributed by atoms with Gasteiger partial charge in [0.1, 0.15) is 0 Å². The number of ether oxygens (including phenoxy) is 1. The minimum absolute atomic E-state index is 0.0967. The predicted octanol–water partition coefficient (Wildman–Crippen LogP) is 1.34. The lowest BCUT2D eigenvalue weighted by molar-refractivity contribution is -0.126. The van der Waals surface area contributed by atoms with E-state index in [9.17, 15) is 4.79 Å². The highest BCUT2D eigenvalue weighted by Crippen LogP contribution is 2.22. The van der Waals surface area contributed by atoms with Crippen molar-refractivity contribution in [3.8, 4) is 0 Å². The van der Waals surface area contributed by atoms with Gasteiger partial charge in [-0.3, -0.25) is 14.4 Å². The van der Waals surface area contributed by atoms with Crippen LogP contribution in [0.1, 0.15) is 38.2 Å². The Morgan fingerprint density at radius 3 is 3.04 bits per heavy atom. The summed E-state index contributed by atoms with van der Waals surface area (Å²) in [5, 5.41) is 7.44. The van der Waals surface area contributed by atoms with E-state index in [4.69, 9.17) is 4.74 Å². The average Bonchev–Trinajstić information content (AvgIpc) is 3.27. The first-order valence-electron chi connectivity index (χ1n) is 8.77. The fraction of sp³-hybridized carbons (Fsp3) is 0.765. The summed E-state index contributed by atoms with van der Waals surface area (Å²) in [5.41, 5.74) is 1.18. The van der Waals surface area contributed by atoms with Crippen molar-refractivity contribution in [1.82, 2.24) is 20.0 Å². The third kappa shape index (κ3) is 4.12. The van der Waals surface area contributed by atoms with Crippen LogP contribution in [0.2, 0.25) is 0 Å². The summed E-state index contributed by atoms with van der Waals surface area (Å²) < 4.78 is 7.57. The number of hydrogen-bond donors (Lipinski definition) is 1. The Kier molecular flexibility index (Phi) is 5.33. The molecule has 3 heterocycles. The molecule has 0 bridgehead atoms. The number of aromatic nitrogens is 2. The highest BCUT2D eigenvalue weighted by molar-refractivity contribution is 5.81. The van der Waals surface area contributed by atoms with Crippen LogP contribution < -0.4 is 5.32 Å². The average molecular weight is 320 g/mol. The number of rotatable bonds is 6. The zero-order valence-corrected chi connectivity index (χ0v) is 14.2. The Morgan fingerprint density at radius 2 is 2.35 bits per heavy atom. The summed E-state index contributed by atoms with van der Waals surface area (Å²) in [6.07, 6.45) is 8.59. The zero-order chi connectivity index (χ0) is 16.2. The molecule has 3 atom stereocenters. The Hall–Kier alpha value is -1.40. The summed E-state index contributed by atoms with van der Waals surface area (Å²) >= 11 is 0. The quantitative estimate of drug-likeness (QED) is 0.859. The molecule has 6 heteroatoms. The van der Waals surface area contributed by atoms with Gasteiger partial charge in [0.25, 0.3) is 0 Å². The van der Waals surface area contributed by atoms with Crippen LogP contribution in [0.4, 0.5) is 0 Å². The van der Waals surface area contributed by atoms with Crippen LogP contribution in [-0.2, 0) is 16.1 Å². The summed E-state index contributed by atoms with van der Waals surface area (Å²) in [6.45, 7) is 7.37. The van der Waals surface area contributed by atoms with Crippen molar-refractivity contribution >= 4 is 5.91 Å². The van der Waals surface area contributed by atoms with E-state index >= 15 is 0 Å². The molecule has 128 valence electrons. The van der Waals surface area contributed by atoms with E-state index < -0.39 is 0 Å². The lowest BCUT2D eigenvalue weighted by atomic mass is 10.1. The van der Waals surface area contributed by atoms with Crippen molar-refractivity contribution in [3.63, 3.8) is 0 Å². The van der Waals surface area contributed by atoms with E-state index in [0.29, 0.717) is 12.6 Å². The van der Waals surface area contributed by atoms with Crippen LogP contribution in [0.3, 0.4) is 0 Å². The van der Waals surface area contributed by atoms with Crippen LogP contribution >= 0.6 is 0 Å². The number of nitrogens with one attached hydrogen (secondary N) is 1. The second-order valence-electron chi connectivity index (χ2n) is 6.83. The molecule has 0 aliphatic carbocycles. The SMILES string of the molecule is Cc1cnn(C[C@@H]2CCCN2[C@H](C)C(=O)NC[C@H]2CCCO2)c1. The lowest BCUT2D eigenvalue weighted by Gasteiger charge is -2.30. The second-order valence-corrected chi connectivity index (χ2v) is 6.83. The fourth-order valence-electron chi connectivity index (χ4n) is 3.66. The Bertz CT molecular complexity index is 524. The number of hydrogen-bond acceptors (Lipinski definition) is 4. The van der Waals surface area contributed by atoms with Gasteiger partial charge in [0.05, 0.1) is 24.9 Å². The van der Waals surface area contributed by atoms with Gasteiger partial charge in [-0.1, -0.05) is 0 Å². The molecular formula is C17H28N4O2. The van der Waals surface area contributed by atoms with Crippen LogP contribution in [-0.4, -0.2) is 58.5 Å². The smallest absolute Gasteiger partial charge is 0.237 e. The van der Waals surface area contributed by atoms with Crippen molar-refractivity contribution in [2.24, 2.45) is 0 Å². The van der Waals surface area contributed by atoms with Gasteiger partial charge in [0, 0.05) is 25.4 Å². The zero-order valence-electron chi connectivity index (χ0n) is 14.2. The van der Waals surface area contributed by atoms with E-state index in [1.807, 2.05) is 17.8 Å². The molecule has 0 saturated carbocycles. The number of amides is 1. The molecule has 2 aliphatic rings. The van der Waals surface area contributed by atoms with Crippen molar-refractivity contribution in [1.29, 1.82) is 0 Å². The summed E-state index contributed by atoms with van der Waals surface area (Å²) in [6, 6.07) is 0.290. The first-order chi connectivity index (χ1) is 11.1. The van der Waals surface area contributed by atoms with E-state index in [-0.39, 0.29) is 18.1 Å². The van der Waals surface area contributed by atoms with Crippen LogP contribution in [0, 0.1) is 6.92 Å². The van der Waals surface area contributed by atoms with Crippen molar-refractivity contribution in [2.45, 2.75) is 64.3 Å². The summed E-state index contributed by atoms with van der Waals surface area (Å²) in [7, 11) is 0. The third-order valence-electron chi connectivity index (χ3n) is 4.99. The molecule has 2 fully saturated rings. The van der Waals surface area contributed by atoms with Gasteiger partial charge in [0.15, 0.2) is 0 Å². The van der Waals surface area contributed by atoms with Crippen molar-refractivity contribution in [3.05, 3.63) is 18.0 Å². The van der Waals surface area contributed by atoms with Gasteiger partial charge < -0.3 is 10.1 Å². The molecule has 1 aromatic rings. The number of likely N-dealkylation sites (tertiary alicyclic amines) is 1. The maximum Gasteiger partial charge on any atom is 0.237 e. The molecule has 0 radical (unpaired) electrons. The molecule has 2 saturated heterocycles. The highest BCUT2D eigenvalue weighted by atomic mass is 16.5. The Morgan fingerprint density at radius 1 is 1.48 bits per heavy atom. The first-order valence-corrected chi connectivity index (χ1v) is 8.77. The van der Waals surface area contributed by atoms with E-state index in [0.717, 1.165) is 45.4 Å². The van der Waals surface area contributed by atoms with E-state index in [2.05, 4.69) is 28.4 Å². The normalized spacial score (nSPS) is 26.5. The summed E-state index contributed by atoms with van der Waals surface area (Å²) in [5.74, 6) is 0.115. The molecule has 1 N–H and O–H groups in total. The number of carbonyl (C=O) groups excluding carboxylic acids is 1. The molecule has 2 aliphatic heterocycles. The molecule has 6 nitrogen and oxygen atoms in total. The predicted molar refractivity (Wildman–Crippen MR) is 88.1 cm³/mol. The largest absolute Gasteiger partial charge is 0.376 e. The van der Waals surface area contributed by atoms with Gasteiger partial charge in [-0.25, -0.2) is 0 Å². The number of carbonyl (C=O) groups is 1. The Labute approximate surface area is 138 Å². The monoisotopic (exact) mass is 320 g/mol. The van der Waals surface area contributed by atoms with Crippen molar-refractivity contribution in [2.75, 3.05) is 19.7 Å². The minimum atomic E-state index is -0.0967. The second kappa shape index (κ2) is 7.45. The minimum Gasteiger partial charge on any atom is -0.376 e. The van der Waals surface area contributed by atoms with Gasteiger partial charge in [-0.05, 0) is 51.6 Å². The molecule has 0 aromatic carbocycles. The van der Waals surface area contributed by atoms with Gasteiger partial charge in [-0.2, -0.15) is 5.10 Å². The standard InChI is InChI=1S/C17H28N4O2/c1-13-9-19-20(11-13)12-15-5-3-7-21(15)14(2)17(22)18-10-16-6-4-8-23-16/h9,11,14-16H,3-8,10,12H2,1-2H3,(H,18,22)/t14-,15+,16-/m1/s1. The van der Waals surface area contributed by atoms with Gasteiger partial charge in [0.2, 0.25) is 5.91 Å². The molecule has 0 spiro atoms. The molecule has 1 amide bonds. The van der Waals surface area contributed by atoms with E-state index in [1.54, 1.807) is 0 Å². The topological polar surface area (TPSA) is 59.4 Å². The van der Waals surface area contributed by atoms with Crippen LogP contribution in [0.5, 0.6) is 0 Å². The first kappa shape index (κ1) is 16.5. The number of nitrogens with zero attached hydrogens (tertiary/aromatic N) is 3. The Balaban J connectivity index is 1.52. The van der Waals surface area contributed by atoms with Gasteiger partial charge in [-0.15, -0.1) is 0 Å². The third-order valence-corrected chi connectivity index (χ3v) is 4.99. The maximum absolute atomic E-state index is 12.5. The van der Waals surface area contributed by atoms with E-state index in [1.165, 1.54) is 5.56 Å². The van der Waals surface area contributed by atoms with Crippen LogP contribution in [0.25, 0.3) is 0 Å². The maximum atomic E-state index is 12.5. The molecule has 1 aromatic heterocycles. The molecular weight excluding hydrogens is 292 g/mol. The summed E-state index contributed by atoms with van der Waals surface area (Å²) in [4.78, 5) is 14.8. The number of aryl methyl sites for hydroxylation is 1.